The molecule has 0 unspecified atom stereocenters. The Kier molecular flexibility index (Phi) is 4.29. The summed E-state index contributed by atoms with van der Waals surface area (Å²) in [4.78, 5) is 4.13. The Morgan fingerprint density at radius 3 is 2.50 bits per heavy atom. The molecule has 0 aromatic carbocycles. The smallest absolute Gasteiger partial charge is 0.212 e. The summed E-state index contributed by atoms with van der Waals surface area (Å²) in [6.07, 6.45) is 2.17. The van der Waals surface area contributed by atoms with Crippen molar-refractivity contribution in [2.75, 3.05) is 0 Å². The fraction of sp³-hybridized carbons (Fsp3) is 0.500. The lowest BCUT2D eigenvalue weighted by molar-refractivity contribution is 0.551. The van der Waals surface area contributed by atoms with Gasteiger partial charge in [0.05, 0.1) is 10.3 Å². The Hall–Kier alpha value is -0.650. The molecule has 0 spiro atoms. The predicted octanol–water partition coefficient (Wildman–Crippen LogP) is 1.91. The highest BCUT2D eigenvalue weighted by Gasteiger charge is 2.27. The molecular weight excluding hydrogens is 248 g/mol. The van der Waals surface area contributed by atoms with E-state index >= 15 is 0 Å². The van der Waals surface area contributed by atoms with E-state index in [0.717, 1.165) is 0 Å². The normalized spacial score (nSPS) is 15.8. The maximum atomic E-state index is 11.3. The van der Waals surface area contributed by atoms with Crippen LogP contribution in [0.1, 0.15) is 31.9 Å². The third kappa shape index (κ3) is 3.17. The van der Waals surface area contributed by atoms with Gasteiger partial charge in [0.1, 0.15) is 0 Å². The average Bonchev–Trinajstić information content (AvgIpc) is 2.20. The molecule has 90 valence electrons. The second kappa shape index (κ2) is 5.12. The zero-order valence-electron chi connectivity index (χ0n) is 9.22. The molecule has 0 fully saturated rings. The first-order valence-corrected chi connectivity index (χ1v) is 6.98. The fourth-order valence-corrected chi connectivity index (χ4v) is 2.52. The van der Waals surface area contributed by atoms with E-state index in [1.54, 1.807) is 19.1 Å². The van der Waals surface area contributed by atoms with Crippen LogP contribution in [0.25, 0.3) is 0 Å². The quantitative estimate of drug-likeness (QED) is 0.901. The molecule has 0 amide bonds. The zero-order valence-corrected chi connectivity index (χ0v) is 10.8. The molecule has 1 aromatic heterocycles. The highest BCUT2D eigenvalue weighted by Crippen LogP contribution is 2.25. The van der Waals surface area contributed by atoms with Crippen LogP contribution in [0.2, 0.25) is 5.02 Å². The van der Waals surface area contributed by atoms with Gasteiger partial charge in [0, 0.05) is 17.8 Å². The van der Waals surface area contributed by atoms with Gasteiger partial charge in [-0.25, -0.2) is 13.6 Å². The molecule has 6 heteroatoms. The molecular formula is C10H15ClN2O2S. The topological polar surface area (TPSA) is 73.0 Å². The fourth-order valence-electron chi connectivity index (χ4n) is 1.62. The first-order chi connectivity index (χ1) is 7.36. The Bertz CT molecular complexity index is 444. The summed E-state index contributed by atoms with van der Waals surface area (Å²) < 4.78 is 22.6. The van der Waals surface area contributed by atoms with Crippen LogP contribution in [0, 0.1) is 0 Å². The van der Waals surface area contributed by atoms with Gasteiger partial charge < -0.3 is 0 Å². The molecule has 0 saturated carbocycles. The van der Waals surface area contributed by atoms with Gasteiger partial charge in [0.25, 0.3) is 0 Å². The van der Waals surface area contributed by atoms with E-state index in [9.17, 15) is 8.42 Å². The average molecular weight is 263 g/mol. The summed E-state index contributed by atoms with van der Waals surface area (Å²) in [5.74, 6) is -0.202. The molecule has 16 heavy (non-hydrogen) atoms. The SMILES string of the molecule is CC[C@@H](c1ccc(Cl)cn1)[C@@H](C)S(N)(=O)=O. The minimum Gasteiger partial charge on any atom is -0.259 e. The van der Waals surface area contributed by atoms with Crippen molar-refractivity contribution >= 4 is 21.6 Å². The molecule has 0 aliphatic carbocycles. The molecule has 0 saturated heterocycles. The lowest BCUT2D eigenvalue weighted by Crippen LogP contribution is -2.31. The van der Waals surface area contributed by atoms with E-state index in [2.05, 4.69) is 4.98 Å². The Balaban J connectivity index is 3.03. The molecule has 0 aliphatic rings. The van der Waals surface area contributed by atoms with Crippen LogP contribution in [0.15, 0.2) is 18.3 Å². The summed E-state index contributed by atoms with van der Waals surface area (Å²) >= 11 is 5.72. The molecule has 1 heterocycles. The second-order valence-electron chi connectivity index (χ2n) is 3.71. The lowest BCUT2D eigenvalue weighted by Gasteiger charge is -2.20. The monoisotopic (exact) mass is 262 g/mol. The van der Waals surface area contributed by atoms with Crippen LogP contribution in [0.4, 0.5) is 0 Å². The third-order valence-electron chi connectivity index (χ3n) is 2.65. The van der Waals surface area contributed by atoms with Crippen molar-refractivity contribution in [2.24, 2.45) is 5.14 Å². The predicted molar refractivity (Wildman–Crippen MR) is 64.8 cm³/mol. The van der Waals surface area contributed by atoms with Crippen molar-refractivity contribution in [2.45, 2.75) is 31.4 Å². The minimum absolute atomic E-state index is 0.202. The third-order valence-corrected chi connectivity index (χ3v) is 4.24. The van der Waals surface area contributed by atoms with Crippen LogP contribution in [0.3, 0.4) is 0 Å². The van der Waals surface area contributed by atoms with Gasteiger partial charge in [0.15, 0.2) is 0 Å². The van der Waals surface area contributed by atoms with E-state index in [1.165, 1.54) is 6.20 Å². The van der Waals surface area contributed by atoms with Crippen molar-refractivity contribution in [3.63, 3.8) is 0 Å². The molecule has 0 radical (unpaired) electrons. The van der Waals surface area contributed by atoms with E-state index < -0.39 is 15.3 Å². The van der Waals surface area contributed by atoms with Crippen LogP contribution in [0.5, 0.6) is 0 Å². The van der Waals surface area contributed by atoms with Crippen LogP contribution in [-0.4, -0.2) is 18.7 Å². The number of aromatic nitrogens is 1. The molecule has 1 aromatic rings. The summed E-state index contributed by atoms with van der Waals surface area (Å²) in [6.45, 7) is 3.50. The first-order valence-electron chi connectivity index (χ1n) is 4.99. The second-order valence-corrected chi connectivity index (χ2v) is 6.07. The van der Waals surface area contributed by atoms with Crippen molar-refractivity contribution in [1.82, 2.24) is 4.98 Å². The largest absolute Gasteiger partial charge is 0.259 e. The maximum absolute atomic E-state index is 11.3. The molecule has 0 aliphatic heterocycles. The number of sulfonamides is 1. The lowest BCUT2D eigenvalue weighted by atomic mass is 9.98. The summed E-state index contributed by atoms with van der Waals surface area (Å²) in [6, 6.07) is 3.43. The summed E-state index contributed by atoms with van der Waals surface area (Å²) in [7, 11) is -3.55. The highest BCUT2D eigenvalue weighted by atomic mass is 35.5. The van der Waals surface area contributed by atoms with Crippen molar-refractivity contribution in [1.29, 1.82) is 0 Å². The Morgan fingerprint density at radius 1 is 1.50 bits per heavy atom. The zero-order chi connectivity index (χ0) is 12.3. The van der Waals surface area contributed by atoms with E-state index in [1.807, 2.05) is 6.92 Å². The van der Waals surface area contributed by atoms with E-state index in [4.69, 9.17) is 16.7 Å². The van der Waals surface area contributed by atoms with Crippen molar-refractivity contribution in [3.05, 3.63) is 29.0 Å². The van der Waals surface area contributed by atoms with E-state index in [0.29, 0.717) is 17.1 Å². The van der Waals surface area contributed by atoms with Gasteiger partial charge in [-0.3, -0.25) is 4.98 Å². The first kappa shape index (κ1) is 13.4. The standard InChI is InChI=1S/C10H15ClN2O2S/c1-3-9(7(2)16(12,14)15)10-5-4-8(11)6-13-10/h4-7,9H,3H2,1-2H3,(H2,12,14,15)/t7-,9-/m1/s1. The van der Waals surface area contributed by atoms with E-state index in [-0.39, 0.29) is 5.92 Å². The number of pyridine rings is 1. The van der Waals surface area contributed by atoms with Gasteiger partial charge in [-0.05, 0) is 25.5 Å². The number of nitrogens with zero attached hydrogens (tertiary/aromatic N) is 1. The van der Waals surface area contributed by atoms with Gasteiger partial charge in [-0.1, -0.05) is 18.5 Å². The Labute approximate surface area is 101 Å². The molecule has 2 N–H and O–H groups in total. The Morgan fingerprint density at radius 2 is 2.12 bits per heavy atom. The van der Waals surface area contributed by atoms with Crippen LogP contribution >= 0.6 is 11.6 Å². The number of rotatable bonds is 4. The maximum Gasteiger partial charge on any atom is 0.212 e. The number of primary sulfonamides is 1. The van der Waals surface area contributed by atoms with Gasteiger partial charge in [0.2, 0.25) is 10.0 Å². The minimum atomic E-state index is -3.55. The van der Waals surface area contributed by atoms with Crippen molar-refractivity contribution < 1.29 is 8.42 Å². The van der Waals surface area contributed by atoms with Crippen LogP contribution in [-0.2, 0) is 10.0 Å². The number of hydrogen-bond acceptors (Lipinski definition) is 3. The summed E-state index contributed by atoms with van der Waals surface area (Å²) in [5, 5.41) is 5.02. The number of nitrogens with two attached hydrogens (primary N) is 1. The van der Waals surface area contributed by atoms with Gasteiger partial charge in [-0.2, -0.15) is 0 Å². The molecule has 0 bridgehead atoms. The van der Waals surface area contributed by atoms with Crippen LogP contribution < -0.4 is 5.14 Å². The summed E-state index contributed by atoms with van der Waals surface area (Å²) in [5.41, 5.74) is 0.702. The molecule has 2 atom stereocenters. The highest BCUT2D eigenvalue weighted by molar-refractivity contribution is 7.89. The van der Waals surface area contributed by atoms with Gasteiger partial charge >= 0.3 is 0 Å². The van der Waals surface area contributed by atoms with Crippen molar-refractivity contribution in [3.8, 4) is 0 Å². The van der Waals surface area contributed by atoms with Gasteiger partial charge in [-0.15, -0.1) is 0 Å². The molecule has 4 nitrogen and oxygen atoms in total. The number of hydrogen-bond donors (Lipinski definition) is 1. The molecule has 1 rings (SSSR count). The number of halogens is 1.